The average molecular weight is 745 g/mol. The molecule has 3 saturated carbocycles. The van der Waals surface area contributed by atoms with E-state index in [-0.39, 0.29) is 50.6 Å². The minimum absolute atomic E-state index is 0.108. The van der Waals surface area contributed by atoms with E-state index in [9.17, 15) is 9.90 Å². The number of nitrogens with zero attached hydrogens (tertiary/aromatic N) is 4. The van der Waals surface area contributed by atoms with Gasteiger partial charge in [0.1, 0.15) is 13.4 Å². The van der Waals surface area contributed by atoms with Crippen LogP contribution in [0.2, 0.25) is 0 Å². The number of carboxylic acid groups (broad SMARTS) is 1. The fourth-order valence-corrected chi connectivity index (χ4v) is 13.0. The number of carboxylic acids is 1. The second kappa shape index (κ2) is 13.0. The molecule has 0 aromatic carbocycles. The van der Waals surface area contributed by atoms with Crippen molar-refractivity contribution in [2.75, 3.05) is 19.8 Å². The molecule has 5 aliphatic rings. The van der Waals surface area contributed by atoms with Gasteiger partial charge in [0.05, 0.1) is 43.4 Å². The number of pyridine rings is 1. The van der Waals surface area contributed by atoms with Crippen molar-refractivity contribution < 1.29 is 23.9 Å². The minimum atomic E-state index is -0.622. The van der Waals surface area contributed by atoms with Crippen molar-refractivity contribution in [2.45, 2.75) is 132 Å². The smallest absolute Gasteiger partial charge is 0.307 e. The Labute approximate surface area is 324 Å². The van der Waals surface area contributed by atoms with Gasteiger partial charge in [-0.3, -0.25) is 4.79 Å². The topological polar surface area (TPSA) is 116 Å². The van der Waals surface area contributed by atoms with Crippen LogP contribution in [0.3, 0.4) is 0 Å². The Hall–Kier alpha value is -2.62. The number of allylic oxidation sites excluding steroid dienone is 1. The molecule has 3 N–H and O–H groups in total. The van der Waals surface area contributed by atoms with Gasteiger partial charge in [0, 0.05) is 22.4 Å². The maximum atomic E-state index is 13.6. The quantitative estimate of drug-likeness (QED) is 0.208. The molecule has 1 saturated heterocycles. The number of aryl methyl sites for hydroxylation is 1. The number of hydrogen-bond donors (Lipinski definition) is 2. The van der Waals surface area contributed by atoms with Crippen molar-refractivity contribution in [2.24, 2.45) is 74.9 Å². The highest BCUT2D eigenvalue weighted by molar-refractivity contribution is 5.73. The Morgan fingerprint density at radius 2 is 1.83 bits per heavy atom. The Kier molecular flexibility index (Phi) is 9.50. The maximum Gasteiger partial charge on any atom is 0.307 e. The highest BCUT2D eigenvalue weighted by Crippen LogP contribution is 2.75. The van der Waals surface area contributed by atoms with Crippen molar-refractivity contribution in [1.29, 1.82) is 0 Å². The molecule has 4 fully saturated rings. The first-order valence-electron chi connectivity index (χ1n) is 20.8. The summed E-state index contributed by atoms with van der Waals surface area (Å²) in [7, 11) is 2.04. The minimum Gasteiger partial charge on any atom is -0.481 e. The molecule has 54 heavy (non-hydrogen) atoms. The largest absolute Gasteiger partial charge is 0.481 e. The summed E-state index contributed by atoms with van der Waals surface area (Å²) in [6.07, 6.45) is 13.9. The summed E-state index contributed by atoms with van der Waals surface area (Å²) in [5.41, 5.74) is 7.52. The third kappa shape index (κ3) is 5.54. The van der Waals surface area contributed by atoms with Gasteiger partial charge >= 0.3 is 5.97 Å². The molecule has 0 spiro atoms. The first-order valence-corrected chi connectivity index (χ1v) is 20.8. The summed E-state index contributed by atoms with van der Waals surface area (Å²) in [5, 5.41) is 16.2. The van der Waals surface area contributed by atoms with E-state index in [0.717, 1.165) is 49.9 Å². The van der Waals surface area contributed by atoms with Crippen LogP contribution in [0.15, 0.2) is 42.5 Å². The lowest BCUT2D eigenvalue weighted by Crippen LogP contribution is -2.69. The van der Waals surface area contributed by atoms with Gasteiger partial charge in [-0.25, -0.2) is 14.2 Å². The average Bonchev–Trinajstić information content (AvgIpc) is 3.57. The molecule has 4 aliphatic carbocycles. The third-order valence-corrected chi connectivity index (χ3v) is 17.5. The maximum absolute atomic E-state index is 13.6. The molecule has 298 valence electrons. The molecule has 2 aromatic heterocycles. The van der Waals surface area contributed by atoms with Crippen LogP contribution in [0.4, 0.5) is 0 Å². The summed E-state index contributed by atoms with van der Waals surface area (Å²) in [4.78, 5) is 18.5. The number of ether oxygens (including phenoxy) is 2. The second-order valence-corrected chi connectivity index (χ2v) is 21.3. The molecule has 0 radical (unpaired) electrons. The molecule has 9 heteroatoms. The van der Waals surface area contributed by atoms with Crippen LogP contribution in [0.5, 0.6) is 0 Å². The summed E-state index contributed by atoms with van der Waals surface area (Å²) in [6, 6.07) is 4.06. The number of hydrogen-bond acceptors (Lipinski definition) is 6. The second-order valence-electron chi connectivity index (χ2n) is 21.3. The first kappa shape index (κ1) is 39.6. The van der Waals surface area contributed by atoms with E-state index in [2.05, 4.69) is 110 Å². The van der Waals surface area contributed by atoms with Crippen LogP contribution in [-0.2, 0) is 21.3 Å². The van der Waals surface area contributed by atoms with Crippen LogP contribution >= 0.6 is 0 Å². The van der Waals surface area contributed by atoms with Crippen LogP contribution in [0, 0.1) is 62.1 Å². The lowest BCUT2D eigenvalue weighted by Gasteiger charge is -2.71. The van der Waals surface area contributed by atoms with Gasteiger partial charge in [0.2, 0.25) is 0 Å². The van der Waals surface area contributed by atoms with E-state index in [4.69, 9.17) is 25.3 Å². The van der Waals surface area contributed by atoms with Gasteiger partial charge in [-0.15, -0.1) is 0 Å². The number of carbonyl (C=O) groups is 1. The zero-order valence-electron chi connectivity index (χ0n) is 35.4. The van der Waals surface area contributed by atoms with Gasteiger partial charge in [-0.2, -0.15) is 5.10 Å². The van der Waals surface area contributed by atoms with Crippen molar-refractivity contribution in [3.63, 3.8) is 0 Å². The lowest BCUT2D eigenvalue weighted by atomic mass is 9.34. The SMILES string of the molecule is CC(C)[C@@H](C)[C@@]1(C)CC[C@]2(C)[C@H]3CC[C@H]4C5(C)COC[C@@]4(C[C@@H](n4ncnc4-c4ccc[n+](C)c4)[C@@H]5OC[C@](C)(N)C(C)(C)C)C3=CC[C@@]2(C)[C@@H]1C(=O)O. The van der Waals surface area contributed by atoms with Gasteiger partial charge in [-0.05, 0) is 96.8 Å². The highest BCUT2D eigenvalue weighted by Gasteiger charge is 2.72. The lowest BCUT2D eigenvalue weighted by molar-refractivity contribution is -0.671. The standard InChI is InChI=1S/C45H69N5O4/c1-28(2)29(3)40(7)19-20-42(9)31-15-16-34-41(8)24-53-26-45(34,32(31)17-18-43(42,10)35(40)38(51)52)22-33(36(41)54-25-44(11,46)39(4,5)6)50-37(47-27-48-50)30-14-13-21-49(12)23-30/h13-14,17,21,23,27-29,31,33-36H,15-16,18-20,22,24-26,46H2,1-12H3/p+1/t29-,31+,33-,34+,35-,36+,40-,41?,42-,43+,44+,45+/m1/s1. The molecule has 1 aliphatic heterocycles. The number of nitrogens with two attached hydrogens (primary N) is 1. The summed E-state index contributed by atoms with van der Waals surface area (Å²) in [6.45, 7) is 26.7. The van der Waals surface area contributed by atoms with E-state index in [1.165, 1.54) is 5.57 Å². The van der Waals surface area contributed by atoms with Crippen LogP contribution in [-0.4, -0.2) is 57.3 Å². The molecular formula is C45H70N5O4+. The van der Waals surface area contributed by atoms with E-state index in [0.29, 0.717) is 37.6 Å². The molecule has 9 nitrogen and oxygen atoms in total. The molecule has 12 atom stereocenters. The van der Waals surface area contributed by atoms with E-state index < -0.39 is 17.4 Å². The van der Waals surface area contributed by atoms with Crippen LogP contribution in [0.25, 0.3) is 11.4 Å². The predicted molar refractivity (Wildman–Crippen MR) is 211 cm³/mol. The van der Waals surface area contributed by atoms with Gasteiger partial charge < -0.3 is 20.3 Å². The summed E-state index contributed by atoms with van der Waals surface area (Å²) in [5.74, 6) is 1.16. The molecular weight excluding hydrogens is 675 g/mol. The number of aliphatic carboxylic acids is 1. The highest BCUT2D eigenvalue weighted by atomic mass is 16.5. The Morgan fingerprint density at radius 3 is 2.48 bits per heavy atom. The Bertz CT molecular complexity index is 1800. The van der Waals surface area contributed by atoms with Gasteiger partial charge in [-0.1, -0.05) is 80.9 Å². The van der Waals surface area contributed by atoms with Crippen molar-refractivity contribution in [1.82, 2.24) is 14.8 Å². The van der Waals surface area contributed by atoms with Crippen molar-refractivity contribution in [3.8, 4) is 11.4 Å². The molecule has 2 aromatic rings. The molecule has 0 amide bonds. The number of fused-ring (bicyclic) bond motifs is 3. The monoisotopic (exact) mass is 745 g/mol. The molecule has 3 heterocycles. The van der Waals surface area contributed by atoms with Gasteiger partial charge in [0.15, 0.2) is 18.2 Å². The van der Waals surface area contributed by atoms with Crippen LogP contribution in [0.1, 0.15) is 121 Å². The van der Waals surface area contributed by atoms with Crippen molar-refractivity contribution >= 4 is 5.97 Å². The molecule has 1 unspecified atom stereocenters. The molecule has 7 rings (SSSR count). The predicted octanol–water partition coefficient (Wildman–Crippen LogP) is 8.05. The number of rotatable bonds is 8. The Balaban J connectivity index is 1.36. The van der Waals surface area contributed by atoms with E-state index in [1.807, 2.05) is 13.2 Å². The normalized spacial score (nSPS) is 40.9. The van der Waals surface area contributed by atoms with Gasteiger partial charge in [0.25, 0.3) is 0 Å². The zero-order valence-corrected chi connectivity index (χ0v) is 35.4. The zero-order chi connectivity index (χ0) is 39.4. The Morgan fingerprint density at radius 1 is 1.11 bits per heavy atom. The fraction of sp³-hybridized carbons (Fsp3) is 0.778. The first-order chi connectivity index (χ1) is 25.1. The fourth-order valence-electron chi connectivity index (χ4n) is 13.0. The van der Waals surface area contributed by atoms with E-state index in [1.54, 1.807) is 6.33 Å². The summed E-state index contributed by atoms with van der Waals surface area (Å²) >= 11 is 0. The third-order valence-electron chi connectivity index (χ3n) is 17.5. The van der Waals surface area contributed by atoms with Crippen LogP contribution < -0.4 is 10.3 Å². The van der Waals surface area contributed by atoms with Crippen molar-refractivity contribution in [3.05, 3.63) is 42.5 Å². The molecule has 2 bridgehead atoms. The van der Waals surface area contributed by atoms with E-state index >= 15 is 0 Å². The summed E-state index contributed by atoms with van der Waals surface area (Å²) < 4.78 is 18.3. The number of aromatic nitrogens is 4.